The largest absolute Gasteiger partial charge is 0.498 e. The molecule has 124 valence electrons. The summed E-state index contributed by atoms with van der Waals surface area (Å²) >= 11 is 3.55. The molecule has 1 aromatic carbocycles. The number of carbonyl (C=O) groups is 1. The molecule has 1 unspecified atom stereocenters. The fraction of sp³-hybridized carbons (Fsp3) is 0.533. The summed E-state index contributed by atoms with van der Waals surface area (Å²) in [6.07, 6.45) is -1.37. The normalized spacial score (nSPS) is 19.8. The zero-order valence-corrected chi connectivity index (χ0v) is 14.9. The van der Waals surface area contributed by atoms with Crippen LogP contribution in [0.4, 0.5) is 4.79 Å². The number of nitrogens with zero attached hydrogens (tertiary/aromatic N) is 1. The number of amides is 1. The lowest BCUT2D eigenvalue weighted by Crippen LogP contribution is -2.47. The average Bonchev–Trinajstić information content (AvgIpc) is 2.69. The van der Waals surface area contributed by atoms with E-state index in [9.17, 15) is 9.90 Å². The van der Waals surface area contributed by atoms with Gasteiger partial charge in [-0.1, -0.05) is 15.9 Å². The van der Waals surface area contributed by atoms with Crippen LogP contribution in [0.1, 0.15) is 32.4 Å². The number of hydrogen-bond donors (Lipinski definition) is 1. The molecule has 0 radical (unpaired) electrons. The van der Waals surface area contributed by atoms with Gasteiger partial charge in [-0.2, -0.15) is 0 Å². The summed E-state index contributed by atoms with van der Waals surface area (Å²) in [4.78, 5) is 13.0. The van der Waals surface area contributed by atoms with Gasteiger partial charge in [-0.05, 0) is 38.5 Å². The Balaban J connectivity index is 1.97. The zero-order chi connectivity index (χ0) is 16.8. The van der Waals surface area contributed by atoms with Gasteiger partial charge < -0.3 is 24.1 Å². The van der Waals surface area contributed by atoms with Crippen molar-refractivity contribution in [3.8, 4) is 5.75 Å². The number of hydrogen-bond acceptors (Lipinski definition) is 4. The predicted octanol–water partition coefficient (Wildman–Crippen LogP) is 2.40. The van der Waals surface area contributed by atoms with Crippen LogP contribution in [-0.2, 0) is 9.31 Å². The minimum absolute atomic E-state index is 0.230. The Morgan fingerprint density at radius 2 is 2.17 bits per heavy atom. The molecule has 0 fully saturated rings. The van der Waals surface area contributed by atoms with Crippen LogP contribution in [-0.4, -0.2) is 48.5 Å². The Morgan fingerprint density at radius 1 is 1.43 bits per heavy atom. The quantitative estimate of drug-likeness (QED) is 0.794. The Labute approximate surface area is 144 Å². The van der Waals surface area contributed by atoms with Crippen LogP contribution in [0.5, 0.6) is 5.75 Å². The minimum atomic E-state index is -0.970. The van der Waals surface area contributed by atoms with Crippen molar-refractivity contribution in [2.75, 3.05) is 19.8 Å². The van der Waals surface area contributed by atoms with Gasteiger partial charge in [-0.25, -0.2) is 4.79 Å². The van der Waals surface area contributed by atoms with Crippen molar-refractivity contribution in [3.05, 3.63) is 22.2 Å². The molecule has 0 bridgehead atoms. The summed E-state index contributed by atoms with van der Waals surface area (Å²) in [6.45, 7) is 6.73. The third-order valence-corrected chi connectivity index (χ3v) is 4.73. The second-order valence-electron chi connectivity index (χ2n) is 6.61. The molecule has 6 nitrogen and oxygen atoms in total. The van der Waals surface area contributed by atoms with Gasteiger partial charge in [-0.3, -0.25) is 0 Å². The van der Waals surface area contributed by atoms with Crippen LogP contribution in [0.2, 0.25) is 0 Å². The molecule has 0 saturated carbocycles. The highest BCUT2D eigenvalue weighted by Gasteiger charge is 2.44. The van der Waals surface area contributed by atoms with E-state index >= 15 is 0 Å². The second-order valence-corrected chi connectivity index (χ2v) is 7.47. The first-order valence-corrected chi connectivity index (χ1v) is 8.31. The van der Waals surface area contributed by atoms with E-state index in [0.29, 0.717) is 13.2 Å². The molecule has 0 saturated heterocycles. The Morgan fingerprint density at radius 3 is 2.83 bits per heavy atom. The van der Waals surface area contributed by atoms with E-state index in [-0.39, 0.29) is 6.54 Å². The summed E-state index contributed by atoms with van der Waals surface area (Å²) in [5.41, 5.74) is 1.25. The van der Waals surface area contributed by atoms with Gasteiger partial charge in [0.25, 0.3) is 0 Å². The van der Waals surface area contributed by atoms with Crippen molar-refractivity contribution in [1.82, 2.24) is 4.90 Å². The Bertz CT molecular complexity index is 633. The molecule has 1 amide bonds. The molecule has 0 aliphatic carbocycles. The van der Waals surface area contributed by atoms with Crippen molar-refractivity contribution in [2.45, 2.75) is 32.4 Å². The average molecular weight is 384 g/mol. The first kappa shape index (κ1) is 16.6. The topological polar surface area (TPSA) is 68.2 Å². The Hall–Kier alpha value is -1.25. The molecular weight excluding hydrogens is 365 g/mol. The molecule has 0 spiro atoms. The molecule has 1 N–H and O–H groups in total. The fourth-order valence-corrected chi connectivity index (χ4v) is 3.54. The van der Waals surface area contributed by atoms with Gasteiger partial charge in [0.2, 0.25) is 0 Å². The van der Waals surface area contributed by atoms with Crippen molar-refractivity contribution in [3.63, 3.8) is 0 Å². The smallest absolute Gasteiger partial charge is 0.492 e. The maximum atomic E-state index is 11.6. The summed E-state index contributed by atoms with van der Waals surface area (Å²) in [6, 6.07) is 3.79. The first-order valence-electron chi connectivity index (χ1n) is 7.52. The van der Waals surface area contributed by atoms with Crippen molar-refractivity contribution in [2.24, 2.45) is 0 Å². The number of halogens is 1. The highest BCUT2D eigenvalue weighted by atomic mass is 79.9. The molecular formula is C15H19BBrNO5. The third-order valence-electron chi connectivity index (χ3n) is 4.04. The van der Waals surface area contributed by atoms with E-state index in [1.807, 2.05) is 32.9 Å². The van der Waals surface area contributed by atoms with Crippen LogP contribution >= 0.6 is 15.9 Å². The van der Waals surface area contributed by atoms with E-state index in [1.54, 1.807) is 0 Å². The van der Waals surface area contributed by atoms with E-state index in [1.165, 1.54) is 4.90 Å². The van der Waals surface area contributed by atoms with Crippen LogP contribution in [0, 0.1) is 0 Å². The molecule has 2 heterocycles. The zero-order valence-electron chi connectivity index (χ0n) is 13.3. The van der Waals surface area contributed by atoms with Crippen LogP contribution < -0.4 is 10.2 Å². The van der Waals surface area contributed by atoms with Crippen LogP contribution in [0.15, 0.2) is 16.6 Å². The van der Waals surface area contributed by atoms with Gasteiger partial charge in [0.05, 0.1) is 19.3 Å². The SMILES string of the molecule is CC(C)(C)N(CC1OB2OCCOc3ccc(Br)c1c32)C(=O)O. The second kappa shape index (κ2) is 6.00. The Kier molecular flexibility index (Phi) is 4.33. The highest BCUT2D eigenvalue weighted by Crippen LogP contribution is 2.36. The third kappa shape index (κ3) is 3.07. The molecule has 1 atom stereocenters. The molecule has 3 rings (SSSR count). The predicted molar refractivity (Wildman–Crippen MR) is 89.3 cm³/mol. The first-order chi connectivity index (χ1) is 10.8. The van der Waals surface area contributed by atoms with E-state index in [0.717, 1.165) is 21.2 Å². The number of ether oxygens (including phenoxy) is 1. The lowest BCUT2D eigenvalue weighted by Gasteiger charge is -2.35. The summed E-state index contributed by atoms with van der Waals surface area (Å²) in [5, 5.41) is 9.52. The summed E-state index contributed by atoms with van der Waals surface area (Å²) < 4.78 is 18.3. The lowest BCUT2D eigenvalue weighted by atomic mass is 9.78. The fourth-order valence-electron chi connectivity index (χ4n) is 2.94. The monoisotopic (exact) mass is 383 g/mol. The van der Waals surface area contributed by atoms with E-state index < -0.39 is 24.9 Å². The number of rotatable bonds is 2. The maximum Gasteiger partial charge on any atom is 0.498 e. The standard InChI is InChI=1S/C15H19BBrNO5/c1-15(2,3)18(14(19)20)8-11-12-9(17)4-5-10-13(12)16(23-11)22-7-6-21-10/h4-5,11H,6-8H2,1-3H3,(H,19,20). The van der Waals surface area contributed by atoms with Gasteiger partial charge in [0.1, 0.15) is 12.4 Å². The van der Waals surface area contributed by atoms with E-state index in [2.05, 4.69) is 15.9 Å². The van der Waals surface area contributed by atoms with Crippen molar-refractivity contribution >= 4 is 34.6 Å². The minimum Gasteiger partial charge on any atom is -0.492 e. The van der Waals surface area contributed by atoms with Crippen molar-refractivity contribution in [1.29, 1.82) is 0 Å². The molecule has 0 aromatic heterocycles. The molecule has 23 heavy (non-hydrogen) atoms. The van der Waals surface area contributed by atoms with E-state index in [4.69, 9.17) is 14.0 Å². The number of benzene rings is 1. The van der Waals surface area contributed by atoms with Gasteiger partial charge >= 0.3 is 13.2 Å². The van der Waals surface area contributed by atoms with Crippen LogP contribution in [0.25, 0.3) is 0 Å². The summed E-state index contributed by atoms with van der Waals surface area (Å²) in [5.74, 6) is 0.742. The van der Waals surface area contributed by atoms with Gasteiger partial charge in [0, 0.05) is 15.5 Å². The number of carboxylic acid groups (broad SMARTS) is 1. The van der Waals surface area contributed by atoms with Gasteiger partial charge in [-0.15, -0.1) is 0 Å². The van der Waals surface area contributed by atoms with Crippen LogP contribution in [0.3, 0.4) is 0 Å². The summed E-state index contributed by atoms with van der Waals surface area (Å²) in [7, 11) is -0.513. The maximum absolute atomic E-state index is 11.6. The highest BCUT2D eigenvalue weighted by molar-refractivity contribution is 9.10. The lowest BCUT2D eigenvalue weighted by molar-refractivity contribution is 0.0576. The molecule has 8 heteroatoms. The van der Waals surface area contributed by atoms with Gasteiger partial charge in [0.15, 0.2) is 0 Å². The molecule has 2 aliphatic rings. The molecule has 1 aromatic rings. The molecule has 2 aliphatic heterocycles. The van der Waals surface area contributed by atoms with Crippen molar-refractivity contribution < 1.29 is 23.9 Å².